The number of aliphatic hydroxyl groups is 1. The quantitative estimate of drug-likeness (QED) is 0.478. The summed E-state index contributed by atoms with van der Waals surface area (Å²) >= 11 is 0. The second-order valence-electron chi connectivity index (χ2n) is 8.82. The average molecular weight is 448 g/mol. The van der Waals surface area contributed by atoms with Crippen molar-refractivity contribution in [3.05, 3.63) is 48.0 Å². The number of carbonyl (C=O) groups excluding carboxylic acids is 3. The minimum Gasteiger partial charge on any atom is -0.444 e. The second kappa shape index (κ2) is 12.2. The zero-order chi connectivity index (χ0) is 24.5. The van der Waals surface area contributed by atoms with Gasteiger partial charge < -0.3 is 25.4 Å². The van der Waals surface area contributed by atoms with Crippen LogP contribution in [0.5, 0.6) is 0 Å². The fourth-order valence-electron chi connectivity index (χ4n) is 3.07. The van der Waals surface area contributed by atoms with Gasteiger partial charge in [-0.2, -0.15) is 0 Å². The fraction of sp³-hybridized carbons (Fsp3) is 0.542. The smallest absolute Gasteiger partial charge is 0.408 e. The summed E-state index contributed by atoms with van der Waals surface area (Å²) in [5.74, 6) is -0.991. The van der Waals surface area contributed by atoms with Crippen LogP contribution in [0.1, 0.15) is 58.7 Å². The first-order chi connectivity index (χ1) is 14.9. The van der Waals surface area contributed by atoms with Crippen molar-refractivity contribution in [2.24, 2.45) is 0 Å². The lowest BCUT2D eigenvalue weighted by atomic mass is 10.0. The molecule has 0 bridgehead atoms. The van der Waals surface area contributed by atoms with Crippen molar-refractivity contribution in [2.45, 2.75) is 71.7 Å². The molecule has 3 amide bonds. The first kappa shape index (κ1) is 27.2. The summed E-state index contributed by atoms with van der Waals surface area (Å²) in [5, 5.41) is 15.1. The van der Waals surface area contributed by atoms with Gasteiger partial charge in [0.05, 0.1) is 6.61 Å². The van der Waals surface area contributed by atoms with E-state index in [1.165, 1.54) is 11.0 Å². The van der Waals surface area contributed by atoms with E-state index in [1.807, 2.05) is 45.0 Å². The van der Waals surface area contributed by atoms with Crippen molar-refractivity contribution < 1.29 is 24.2 Å². The van der Waals surface area contributed by atoms with E-state index in [0.29, 0.717) is 5.56 Å². The Balaban J connectivity index is 3.31. The molecule has 8 heteroatoms. The highest BCUT2D eigenvalue weighted by Gasteiger charge is 2.35. The van der Waals surface area contributed by atoms with Crippen LogP contribution in [0.25, 0.3) is 0 Å². The Hall–Kier alpha value is -2.87. The Kier molecular flexibility index (Phi) is 10.4. The van der Waals surface area contributed by atoms with Gasteiger partial charge in [-0.1, -0.05) is 37.3 Å². The highest BCUT2D eigenvalue weighted by molar-refractivity contribution is 5.92. The summed E-state index contributed by atoms with van der Waals surface area (Å²) < 4.78 is 5.20. The van der Waals surface area contributed by atoms with E-state index < -0.39 is 36.3 Å². The molecule has 0 heterocycles. The monoisotopic (exact) mass is 447 g/mol. The minimum absolute atomic E-state index is 0.0387. The summed E-state index contributed by atoms with van der Waals surface area (Å²) in [6, 6.07) is 5.03. The molecule has 0 aromatic heterocycles. The van der Waals surface area contributed by atoms with E-state index >= 15 is 0 Å². The standard InChI is InChI=1S/C24H37N3O5/c1-8-14-27(22(30)19(15-28)26-23(31)32-24(5,6)7)20(21(29)25-16(3)4)18-12-10-17(9-2)11-13-18/h8,10-13,16,19-20,28H,1,9,14-15H2,2-7H3,(H,25,29)(H,26,31). The van der Waals surface area contributed by atoms with Gasteiger partial charge in [0.1, 0.15) is 17.7 Å². The third kappa shape index (κ3) is 8.34. The average Bonchev–Trinajstić information content (AvgIpc) is 2.69. The number of hydrogen-bond acceptors (Lipinski definition) is 5. The van der Waals surface area contributed by atoms with Crippen molar-refractivity contribution in [2.75, 3.05) is 13.2 Å². The number of nitrogens with one attached hydrogen (secondary N) is 2. The van der Waals surface area contributed by atoms with E-state index in [9.17, 15) is 19.5 Å². The van der Waals surface area contributed by atoms with Crippen molar-refractivity contribution in [1.82, 2.24) is 15.5 Å². The highest BCUT2D eigenvalue weighted by Crippen LogP contribution is 2.23. The number of aliphatic hydroxyl groups excluding tert-OH is 1. The minimum atomic E-state index is -1.28. The Labute approximate surface area is 191 Å². The van der Waals surface area contributed by atoms with Gasteiger partial charge in [0, 0.05) is 12.6 Å². The van der Waals surface area contributed by atoms with Gasteiger partial charge in [0.2, 0.25) is 11.8 Å². The van der Waals surface area contributed by atoms with Gasteiger partial charge in [0.15, 0.2) is 0 Å². The predicted octanol–water partition coefficient (Wildman–Crippen LogP) is 2.71. The number of ether oxygens (including phenoxy) is 1. The number of benzene rings is 1. The maximum atomic E-state index is 13.4. The molecule has 1 aromatic rings. The van der Waals surface area contributed by atoms with Crippen LogP contribution < -0.4 is 10.6 Å². The number of nitrogens with zero attached hydrogens (tertiary/aromatic N) is 1. The molecule has 3 N–H and O–H groups in total. The van der Waals surface area contributed by atoms with Crippen LogP contribution >= 0.6 is 0 Å². The number of carbonyl (C=O) groups is 3. The van der Waals surface area contributed by atoms with Crippen molar-refractivity contribution in [3.8, 4) is 0 Å². The molecule has 178 valence electrons. The molecule has 0 radical (unpaired) electrons. The summed E-state index contributed by atoms with van der Waals surface area (Å²) in [4.78, 5) is 40.0. The van der Waals surface area contributed by atoms with Gasteiger partial charge in [-0.15, -0.1) is 6.58 Å². The molecule has 1 rings (SSSR count). The van der Waals surface area contributed by atoms with E-state index in [2.05, 4.69) is 17.2 Å². The molecular weight excluding hydrogens is 410 g/mol. The molecule has 0 aliphatic heterocycles. The van der Waals surface area contributed by atoms with Crippen LogP contribution in [0.3, 0.4) is 0 Å². The molecule has 32 heavy (non-hydrogen) atoms. The summed E-state index contributed by atoms with van der Waals surface area (Å²) in [7, 11) is 0. The summed E-state index contributed by atoms with van der Waals surface area (Å²) in [6.07, 6.45) is 1.50. The number of alkyl carbamates (subject to hydrolysis) is 1. The van der Waals surface area contributed by atoms with Gasteiger partial charge in [-0.05, 0) is 52.2 Å². The Morgan fingerprint density at radius 2 is 1.75 bits per heavy atom. The van der Waals surface area contributed by atoms with Crippen LogP contribution in [0.15, 0.2) is 36.9 Å². The molecule has 2 unspecified atom stereocenters. The normalized spacial score (nSPS) is 13.1. The first-order valence-corrected chi connectivity index (χ1v) is 10.8. The van der Waals surface area contributed by atoms with Gasteiger partial charge >= 0.3 is 6.09 Å². The van der Waals surface area contributed by atoms with Crippen molar-refractivity contribution in [1.29, 1.82) is 0 Å². The molecule has 8 nitrogen and oxygen atoms in total. The van der Waals surface area contributed by atoms with E-state index in [4.69, 9.17) is 4.74 Å². The highest BCUT2D eigenvalue weighted by atomic mass is 16.6. The number of rotatable bonds is 10. The lowest BCUT2D eigenvalue weighted by Gasteiger charge is -2.33. The number of aryl methyl sites for hydroxylation is 1. The Morgan fingerprint density at radius 1 is 1.16 bits per heavy atom. The fourth-order valence-corrected chi connectivity index (χ4v) is 3.07. The topological polar surface area (TPSA) is 108 Å². The zero-order valence-corrected chi connectivity index (χ0v) is 20.0. The Bertz CT molecular complexity index is 784. The molecule has 0 aliphatic carbocycles. The third-order valence-corrected chi connectivity index (χ3v) is 4.48. The van der Waals surface area contributed by atoms with Crippen LogP contribution in [-0.4, -0.2) is 58.8 Å². The van der Waals surface area contributed by atoms with Crippen LogP contribution in [-0.2, 0) is 20.7 Å². The molecule has 0 spiro atoms. The summed E-state index contributed by atoms with van der Waals surface area (Å²) in [5.41, 5.74) is 0.942. The van der Waals surface area contributed by atoms with E-state index in [1.54, 1.807) is 20.8 Å². The van der Waals surface area contributed by atoms with Crippen molar-refractivity contribution in [3.63, 3.8) is 0 Å². The van der Waals surface area contributed by atoms with Crippen LogP contribution in [0.2, 0.25) is 0 Å². The predicted molar refractivity (Wildman–Crippen MR) is 124 cm³/mol. The van der Waals surface area contributed by atoms with E-state index in [-0.39, 0.29) is 18.5 Å². The second-order valence-corrected chi connectivity index (χ2v) is 8.82. The molecule has 0 aliphatic rings. The Morgan fingerprint density at radius 3 is 2.19 bits per heavy atom. The SMILES string of the molecule is C=CCN(C(=O)C(CO)NC(=O)OC(C)(C)C)C(C(=O)NC(C)C)c1ccc(CC)cc1. The van der Waals surface area contributed by atoms with Crippen LogP contribution in [0.4, 0.5) is 4.79 Å². The molecular formula is C24H37N3O5. The first-order valence-electron chi connectivity index (χ1n) is 10.8. The van der Waals surface area contributed by atoms with Gasteiger partial charge in [-0.3, -0.25) is 9.59 Å². The van der Waals surface area contributed by atoms with Crippen molar-refractivity contribution >= 4 is 17.9 Å². The number of hydrogen-bond donors (Lipinski definition) is 3. The maximum absolute atomic E-state index is 13.4. The summed E-state index contributed by atoms with van der Waals surface area (Å²) in [6.45, 7) is 13.9. The van der Waals surface area contributed by atoms with Gasteiger partial charge in [0.25, 0.3) is 0 Å². The lowest BCUT2D eigenvalue weighted by Crippen LogP contribution is -2.54. The zero-order valence-electron chi connectivity index (χ0n) is 20.0. The molecule has 1 aromatic carbocycles. The van der Waals surface area contributed by atoms with Gasteiger partial charge in [-0.25, -0.2) is 4.79 Å². The number of amides is 3. The third-order valence-electron chi connectivity index (χ3n) is 4.48. The molecule has 0 saturated heterocycles. The molecule has 0 saturated carbocycles. The molecule has 2 atom stereocenters. The van der Waals surface area contributed by atoms with Crippen LogP contribution in [0, 0.1) is 0 Å². The lowest BCUT2D eigenvalue weighted by molar-refractivity contribution is -0.142. The molecule has 0 fully saturated rings. The van der Waals surface area contributed by atoms with E-state index in [0.717, 1.165) is 12.0 Å². The maximum Gasteiger partial charge on any atom is 0.408 e. The largest absolute Gasteiger partial charge is 0.444 e.